The summed E-state index contributed by atoms with van der Waals surface area (Å²) in [6.07, 6.45) is 5.39. The molecule has 1 aromatic carbocycles. The molecule has 3 unspecified atom stereocenters. The van der Waals surface area contributed by atoms with Crippen LogP contribution in [-0.2, 0) is 0 Å². The lowest BCUT2D eigenvalue weighted by Crippen LogP contribution is -2.52. The van der Waals surface area contributed by atoms with Crippen molar-refractivity contribution >= 4 is 0 Å². The van der Waals surface area contributed by atoms with Crippen LogP contribution in [0.3, 0.4) is 0 Å². The summed E-state index contributed by atoms with van der Waals surface area (Å²) >= 11 is 0. The summed E-state index contributed by atoms with van der Waals surface area (Å²) < 4.78 is 6.13. The molecule has 0 aromatic heterocycles. The summed E-state index contributed by atoms with van der Waals surface area (Å²) in [5.41, 5.74) is 1.20. The molecule has 1 aliphatic rings. The lowest BCUT2D eigenvalue weighted by Gasteiger charge is -2.39. The molecule has 118 valence electrons. The van der Waals surface area contributed by atoms with E-state index in [2.05, 4.69) is 43.4 Å². The molecule has 0 bridgehead atoms. The van der Waals surface area contributed by atoms with Crippen molar-refractivity contribution in [2.24, 2.45) is 0 Å². The fraction of sp³-hybridized carbons (Fsp3) is 0.667. The van der Waals surface area contributed by atoms with E-state index in [1.54, 1.807) is 0 Å². The third-order valence-corrected chi connectivity index (χ3v) is 5.00. The number of ether oxygens (including phenoxy) is 1. The number of aliphatic hydroxyl groups is 1. The monoisotopic (exact) mass is 291 g/mol. The maximum Gasteiger partial charge on any atom is 0.119 e. The minimum absolute atomic E-state index is 0.167. The second-order valence-corrected chi connectivity index (χ2v) is 6.40. The highest BCUT2D eigenvalue weighted by Gasteiger charge is 2.35. The number of hydrogen-bond donors (Lipinski definition) is 2. The Kier molecular flexibility index (Phi) is 5.65. The molecular formula is C18H29NO2. The highest BCUT2D eigenvalue weighted by Crippen LogP contribution is 2.31. The molecule has 3 atom stereocenters. The van der Waals surface area contributed by atoms with Crippen molar-refractivity contribution < 1.29 is 9.84 Å². The van der Waals surface area contributed by atoms with Crippen molar-refractivity contribution in [3.05, 3.63) is 29.8 Å². The van der Waals surface area contributed by atoms with Gasteiger partial charge in [-0.15, -0.1) is 0 Å². The van der Waals surface area contributed by atoms with Crippen molar-refractivity contribution in [3.63, 3.8) is 0 Å². The standard InChI is InChI=1S/C18H29NO2/c1-4-14(2)15-7-9-16(10-8-15)21-17-6-5-11-18(12-17,13-20)19-3/h7-10,14,17,19-20H,4-6,11-13H2,1-3H3. The molecule has 0 radical (unpaired) electrons. The lowest BCUT2D eigenvalue weighted by atomic mass is 9.81. The maximum absolute atomic E-state index is 9.63. The first-order valence-electron chi connectivity index (χ1n) is 8.19. The van der Waals surface area contributed by atoms with Crippen LogP contribution >= 0.6 is 0 Å². The molecule has 1 aliphatic carbocycles. The van der Waals surface area contributed by atoms with Gasteiger partial charge in [0.2, 0.25) is 0 Å². The van der Waals surface area contributed by atoms with E-state index in [-0.39, 0.29) is 18.2 Å². The SMILES string of the molecule is CCC(C)c1ccc(OC2CCCC(CO)(NC)C2)cc1. The van der Waals surface area contributed by atoms with Gasteiger partial charge in [-0.2, -0.15) is 0 Å². The highest BCUT2D eigenvalue weighted by molar-refractivity contribution is 5.29. The predicted molar refractivity (Wildman–Crippen MR) is 86.9 cm³/mol. The van der Waals surface area contributed by atoms with Crippen LogP contribution in [0, 0.1) is 0 Å². The average Bonchev–Trinajstić information content (AvgIpc) is 2.55. The number of rotatable bonds is 6. The van der Waals surface area contributed by atoms with E-state index in [0.29, 0.717) is 5.92 Å². The van der Waals surface area contributed by atoms with E-state index in [1.165, 1.54) is 5.56 Å². The Hall–Kier alpha value is -1.06. The molecule has 21 heavy (non-hydrogen) atoms. The second-order valence-electron chi connectivity index (χ2n) is 6.40. The topological polar surface area (TPSA) is 41.5 Å². The molecule has 3 nitrogen and oxygen atoms in total. The van der Waals surface area contributed by atoms with Crippen LogP contribution in [0.15, 0.2) is 24.3 Å². The molecule has 0 spiro atoms. The molecular weight excluding hydrogens is 262 g/mol. The summed E-state index contributed by atoms with van der Waals surface area (Å²) in [5, 5.41) is 12.9. The third kappa shape index (κ3) is 3.98. The summed E-state index contributed by atoms with van der Waals surface area (Å²) in [4.78, 5) is 0. The fourth-order valence-corrected chi connectivity index (χ4v) is 3.16. The van der Waals surface area contributed by atoms with Crippen molar-refractivity contribution in [1.82, 2.24) is 5.32 Å². The quantitative estimate of drug-likeness (QED) is 0.843. The second kappa shape index (κ2) is 7.28. The zero-order chi connectivity index (χ0) is 15.3. The van der Waals surface area contributed by atoms with E-state index in [9.17, 15) is 5.11 Å². The van der Waals surface area contributed by atoms with Gasteiger partial charge in [-0.25, -0.2) is 0 Å². The van der Waals surface area contributed by atoms with E-state index >= 15 is 0 Å². The first-order valence-corrected chi connectivity index (χ1v) is 8.19. The van der Waals surface area contributed by atoms with E-state index in [0.717, 1.165) is 37.9 Å². The first kappa shape index (κ1) is 16.3. The Morgan fingerprint density at radius 3 is 2.67 bits per heavy atom. The van der Waals surface area contributed by atoms with E-state index in [1.807, 2.05) is 7.05 Å². The molecule has 1 fully saturated rings. The van der Waals surface area contributed by atoms with Crippen molar-refractivity contribution in [3.8, 4) is 5.75 Å². The number of likely N-dealkylation sites (N-methyl/N-ethyl adjacent to an activating group) is 1. The van der Waals surface area contributed by atoms with Gasteiger partial charge >= 0.3 is 0 Å². The van der Waals surface area contributed by atoms with Gasteiger partial charge in [0, 0.05) is 12.0 Å². The number of nitrogens with one attached hydrogen (secondary N) is 1. The first-order chi connectivity index (χ1) is 10.1. The molecule has 1 aromatic rings. The average molecular weight is 291 g/mol. The van der Waals surface area contributed by atoms with Gasteiger partial charge in [0.15, 0.2) is 0 Å². The number of benzene rings is 1. The molecule has 1 saturated carbocycles. The zero-order valence-corrected chi connectivity index (χ0v) is 13.6. The third-order valence-electron chi connectivity index (χ3n) is 5.00. The Morgan fingerprint density at radius 1 is 1.38 bits per heavy atom. The van der Waals surface area contributed by atoms with Crippen molar-refractivity contribution in [1.29, 1.82) is 0 Å². The van der Waals surface area contributed by atoms with E-state index in [4.69, 9.17) is 4.74 Å². The summed E-state index contributed by atoms with van der Waals surface area (Å²) in [6, 6.07) is 8.50. The number of hydrogen-bond acceptors (Lipinski definition) is 3. The van der Waals surface area contributed by atoms with E-state index < -0.39 is 0 Å². The van der Waals surface area contributed by atoms with Crippen LogP contribution in [0.2, 0.25) is 0 Å². The van der Waals surface area contributed by atoms with Crippen LogP contribution < -0.4 is 10.1 Å². The number of aliphatic hydroxyl groups excluding tert-OH is 1. The molecule has 2 rings (SSSR count). The summed E-state index contributed by atoms with van der Waals surface area (Å²) in [6.45, 7) is 4.64. The molecule has 2 N–H and O–H groups in total. The highest BCUT2D eigenvalue weighted by atomic mass is 16.5. The van der Waals surface area contributed by atoms with Gasteiger partial charge < -0.3 is 15.2 Å². The molecule has 0 aliphatic heterocycles. The lowest BCUT2D eigenvalue weighted by molar-refractivity contribution is 0.0554. The van der Waals surface area contributed by atoms with Gasteiger partial charge in [-0.05, 0) is 56.3 Å². The maximum atomic E-state index is 9.63. The van der Waals surface area contributed by atoms with Gasteiger partial charge in [-0.1, -0.05) is 26.0 Å². The predicted octanol–water partition coefficient (Wildman–Crippen LogP) is 3.47. The summed E-state index contributed by atoms with van der Waals surface area (Å²) in [5.74, 6) is 1.54. The van der Waals surface area contributed by atoms with Crippen LogP contribution in [0.4, 0.5) is 0 Å². The van der Waals surface area contributed by atoms with Gasteiger partial charge in [0.25, 0.3) is 0 Å². The fourth-order valence-electron chi connectivity index (χ4n) is 3.16. The molecule has 0 saturated heterocycles. The van der Waals surface area contributed by atoms with Gasteiger partial charge in [0.05, 0.1) is 6.61 Å². The largest absolute Gasteiger partial charge is 0.490 e. The summed E-state index contributed by atoms with van der Waals surface area (Å²) in [7, 11) is 1.93. The smallest absolute Gasteiger partial charge is 0.119 e. The Bertz CT molecular complexity index is 425. The van der Waals surface area contributed by atoms with Gasteiger partial charge in [0.1, 0.15) is 11.9 Å². The minimum atomic E-state index is -0.167. The zero-order valence-electron chi connectivity index (χ0n) is 13.6. The normalized spacial score (nSPS) is 27.3. The Labute approximate surface area is 128 Å². The van der Waals surface area contributed by atoms with Gasteiger partial charge in [-0.3, -0.25) is 0 Å². The molecule has 3 heteroatoms. The minimum Gasteiger partial charge on any atom is -0.490 e. The van der Waals surface area contributed by atoms with Crippen LogP contribution in [-0.4, -0.2) is 30.4 Å². The van der Waals surface area contributed by atoms with Crippen LogP contribution in [0.5, 0.6) is 5.75 Å². The Balaban J connectivity index is 1.98. The molecule has 0 heterocycles. The van der Waals surface area contributed by atoms with Crippen LogP contribution in [0.1, 0.15) is 57.4 Å². The van der Waals surface area contributed by atoms with Crippen molar-refractivity contribution in [2.75, 3.05) is 13.7 Å². The van der Waals surface area contributed by atoms with Crippen LogP contribution in [0.25, 0.3) is 0 Å². The Morgan fingerprint density at radius 2 is 2.10 bits per heavy atom. The van der Waals surface area contributed by atoms with Crippen molar-refractivity contribution in [2.45, 2.75) is 63.5 Å². The molecule has 0 amide bonds.